The highest BCUT2D eigenvalue weighted by atomic mass is 14.8. The van der Waals surface area contributed by atoms with Gasteiger partial charge in [0.25, 0.3) is 0 Å². The molecule has 2 rings (SSSR count). The van der Waals surface area contributed by atoms with Gasteiger partial charge in [0.2, 0.25) is 0 Å². The van der Waals surface area contributed by atoms with E-state index in [1.807, 2.05) is 18.2 Å². The van der Waals surface area contributed by atoms with Crippen molar-refractivity contribution in [3.8, 4) is 0 Å². The van der Waals surface area contributed by atoms with Crippen molar-refractivity contribution in [2.24, 2.45) is 0 Å². The van der Waals surface area contributed by atoms with Crippen LogP contribution in [0.25, 0.3) is 0 Å². The fraction of sp³-hybridized carbons (Fsp3) is 0.333. The summed E-state index contributed by atoms with van der Waals surface area (Å²) < 4.78 is 0. The number of hydrogen-bond donors (Lipinski definition) is 2. The number of benzene rings is 2. The van der Waals surface area contributed by atoms with Gasteiger partial charge in [0.15, 0.2) is 0 Å². The Kier molecular flexibility index (Phi) is 5.19. The van der Waals surface area contributed by atoms with Gasteiger partial charge in [-0.15, -0.1) is 0 Å². The second kappa shape index (κ2) is 7.11. The summed E-state index contributed by atoms with van der Waals surface area (Å²) >= 11 is 0. The molecule has 0 fully saturated rings. The van der Waals surface area contributed by atoms with Crippen LogP contribution < -0.4 is 11.1 Å². The Labute approximate surface area is 122 Å². The van der Waals surface area contributed by atoms with Crippen LogP contribution in [0.1, 0.15) is 42.9 Å². The Morgan fingerprint density at radius 1 is 1.00 bits per heavy atom. The van der Waals surface area contributed by atoms with E-state index in [0.29, 0.717) is 5.92 Å². The van der Waals surface area contributed by atoms with Gasteiger partial charge >= 0.3 is 0 Å². The monoisotopic (exact) mass is 268 g/mol. The lowest BCUT2D eigenvalue weighted by molar-refractivity contribution is 0.691. The lowest BCUT2D eigenvalue weighted by Gasteiger charge is -2.10. The average Bonchev–Trinajstić information content (AvgIpc) is 2.47. The number of rotatable bonds is 6. The van der Waals surface area contributed by atoms with Crippen molar-refractivity contribution in [1.82, 2.24) is 5.32 Å². The largest absolute Gasteiger partial charge is 0.399 e. The van der Waals surface area contributed by atoms with E-state index < -0.39 is 0 Å². The molecule has 0 heterocycles. The maximum Gasteiger partial charge on any atom is 0.0317 e. The first-order valence-electron chi connectivity index (χ1n) is 7.33. The highest BCUT2D eigenvalue weighted by Crippen LogP contribution is 2.18. The van der Waals surface area contributed by atoms with Crippen LogP contribution in [0, 0.1) is 0 Å². The molecule has 2 aromatic carbocycles. The number of nitrogen functional groups attached to an aromatic ring is 1. The van der Waals surface area contributed by atoms with E-state index in [-0.39, 0.29) is 0 Å². The van der Waals surface area contributed by atoms with Gasteiger partial charge in [0, 0.05) is 18.8 Å². The van der Waals surface area contributed by atoms with Crippen molar-refractivity contribution in [3.63, 3.8) is 0 Å². The lowest BCUT2D eigenvalue weighted by Crippen LogP contribution is -2.12. The van der Waals surface area contributed by atoms with E-state index in [4.69, 9.17) is 5.73 Å². The van der Waals surface area contributed by atoms with Crippen LogP contribution in [-0.2, 0) is 13.1 Å². The molecule has 20 heavy (non-hydrogen) atoms. The maximum absolute atomic E-state index is 5.77. The smallest absolute Gasteiger partial charge is 0.0317 e. The molecule has 2 heteroatoms. The summed E-state index contributed by atoms with van der Waals surface area (Å²) in [5, 5.41) is 3.45. The molecular weight excluding hydrogens is 244 g/mol. The van der Waals surface area contributed by atoms with E-state index in [9.17, 15) is 0 Å². The Hall–Kier alpha value is -1.80. The van der Waals surface area contributed by atoms with Crippen LogP contribution in [0.2, 0.25) is 0 Å². The molecule has 0 radical (unpaired) electrons. The summed E-state index contributed by atoms with van der Waals surface area (Å²) in [5.74, 6) is 0.643. The minimum Gasteiger partial charge on any atom is -0.399 e. The first kappa shape index (κ1) is 14.6. The zero-order chi connectivity index (χ0) is 14.4. The van der Waals surface area contributed by atoms with E-state index in [2.05, 4.69) is 49.5 Å². The molecule has 0 bridgehead atoms. The van der Waals surface area contributed by atoms with Crippen LogP contribution in [0.5, 0.6) is 0 Å². The molecule has 2 nitrogen and oxygen atoms in total. The molecule has 0 saturated heterocycles. The van der Waals surface area contributed by atoms with Gasteiger partial charge in [-0.25, -0.2) is 0 Å². The lowest BCUT2D eigenvalue weighted by atomic mass is 9.98. The Morgan fingerprint density at radius 3 is 2.35 bits per heavy atom. The van der Waals surface area contributed by atoms with Gasteiger partial charge in [-0.1, -0.05) is 50.2 Å². The van der Waals surface area contributed by atoms with E-state index in [1.54, 1.807) is 0 Å². The Bertz CT molecular complexity index is 531. The molecule has 2 aromatic rings. The predicted molar refractivity (Wildman–Crippen MR) is 86.5 cm³/mol. The normalized spacial score (nSPS) is 12.3. The maximum atomic E-state index is 5.77. The van der Waals surface area contributed by atoms with Crippen LogP contribution >= 0.6 is 0 Å². The Morgan fingerprint density at radius 2 is 1.70 bits per heavy atom. The van der Waals surface area contributed by atoms with Crippen molar-refractivity contribution >= 4 is 5.69 Å². The van der Waals surface area contributed by atoms with Gasteiger partial charge in [-0.05, 0) is 41.2 Å². The molecule has 1 atom stereocenters. The number of nitrogens with two attached hydrogens (primary N) is 1. The fourth-order valence-corrected chi connectivity index (χ4v) is 2.25. The average molecular weight is 268 g/mol. The summed E-state index contributed by atoms with van der Waals surface area (Å²) in [5.41, 5.74) is 10.6. The molecule has 0 spiro atoms. The van der Waals surface area contributed by atoms with Crippen molar-refractivity contribution in [2.45, 2.75) is 39.3 Å². The van der Waals surface area contributed by atoms with Gasteiger partial charge in [-0.2, -0.15) is 0 Å². The first-order chi connectivity index (χ1) is 9.69. The third kappa shape index (κ3) is 4.10. The minimum atomic E-state index is 0.643. The minimum absolute atomic E-state index is 0.643. The van der Waals surface area contributed by atoms with Crippen molar-refractivity contribution in [3.05, 3.63) is 65.2 Å². The topological polar surface area (TPSA) is 38.0 Å². The van der Waals surface area contributed by atoms with Gasteiger partial charge in [0.05, 0.1) is 0 Å². The number of anilines is 1. The van der Waals surface area contributed by atoms with E-state index in [1.165, 1.54) is 23.1 Å². The molecule has 1 unspecified atom stereocenters. The van der Waals surface area contributed by atoms with Crippen LogP contribution in [0.15, 0.2) is 48.5 Å². The number of nitrogens with one attached hydrogen (secondary N) is 1. The van der Waals surface area contributed by atoms with E-state index >= 15 is 0 Å². The van der Waals surface area contributed by atoms with Gasteiger partial charge in [-0.3, -0.25) is 0 Å². The summed E-state index contributed by atoms with van der Waals surface area (Å²) in [6, 6.07) is 16.9. The molecule has 0 aliphatic carbocycles. The van der Waals surface area contributed by atoms with Crippen LogP contribution in [-0.4, -0.2) is 0 Å². The summed E-state index contributed by atoms with van der Waals surface area (Å²) in [7, 11) is 0. The molecule has 0 aliphatic heterocycles. The van der Waals surface area contributed by atoms with Crippen molar-refractivity contribution in [1.29, 1.82) is 0 Å². The fourth-order valence-electron chi connectivity index (χ4n) is 2.25. The number of hydrogen-bond acceptors (Lipinski definition) is 2. The second-order valence-electron chi connectivity index (χ2n) is 5.40. The third-order valence-corrected chi connectivity index (χ3v) is 3.77. The van der Waals surface area contributed by atoms with Crippen molar-refractivity contribution < 1.29 is 0 Å². The van der Waals surface area contributed by atoms with Crippen LogP contribution in [0.3, 0.4) is 0 Å². The molecule has 3 N–H and O–H groups in total. The molecule has 0 saturated carbocycles. The first-order valence-corrected chi connectivity index (χ1v) is 7.33. The predicted octanol–water partition coefficient (Wildman–Crippen LogP) is 4.07. The molecule has 0 aromatic heterocycles. The quantitative estimate of drug-likeness (QED) is 0.775. The standard InChI is InChI=1S/C18H24N2/c1-3-14(2)17-9-7-15(8-10-17)12-20-13-16-5-4-6-18(19)11-16/h4-11,14,20H,3,12-13,19H2,1-2H3. The SMILES string of the molecule is CCC(C)c1ccc(CNCc2cccc(N)c2)cc1. The molecule has 0 amide bonds. The highest BCUT2D eigenvalue weighted by Gasteiger charge is 2.02. The molecule has 106 valence electrons. The van der Waals surface area contributed by atoms with Crippen molar-refractivity contribution in [2.75, 3.05) is 5.73 Å². The zero-order valence-electron chi connectivity index (χ0n) is 12.4. The van der Waals surface area contributed by atoms with Gasteiger partial charge < -0.3 is 11.1 Å². The third-order valence-electron chi connectivity index (χ3n) is 3.77. The molecular formula is C18H24N2. The summed E-state index contributed by atoms with van der Waals surface area (Å²) in [6.07, 6.45) is 1.19. The zero-order valence-corrected chi connectivity index (χ0v) is 12.4. The summed E-state index contributed by atoms with van der Waals surface area (Å²) in [4.78, 5) is 0. The second-order valence-corrected chi connectivity index (χ2v) is 5.40. The van der Waals surface area contributed by atoms with E-state index in [0.717, 1.165) is 18.8 Å². The molecule has 0 aliphatic rings. The summed E-state index contributed by atoms with van der Waals surface area (Å²) in [6.45, 7) is 6.23. The highest BCUT2D eigenvalue weighted by molar-refractivity contribution is 5.40. The van der Waals surface area contributed by atoms with Gasteiger partial charge in [0.1, 0.15) is 0 Å². The van der Waals surface area contributed by atoms with Crippen LogP contribution in [0.4, 0.5) is 5.69 Å². The Balaban J connectivity index is 1.85.